The first-order valence-electron chi connectivity index (χ1n) is 45.5. The normalized spacial score (nSPS) is 16.9. The summed E-state index contributed by atoms with van der Waals surface area (Å²) in [5.74, 6) is -2.56. The molecule has 2 aliphatic heterocycles. The molecule has 0 aromatic heterocycles. The van der Waals surface area contributed by atoms with E-state index in [-0.39, 0.29) is 49.8 Å². The molecule has 2 saturated heterocycles. The van der Waals surface area contributed by atoms with Crippen molar-refractivity contribution in [1.82, 2.24) is 0 Å². The van der Waals surface area contributed by atoms with E-state index < -0.39 is 48.4 Å². The Hall–Kier alpha value is -9.66. The van der Waals surface area contributed by atoms with E-state index in [0.717, 1.165) is 141 Å². The van der Waals surface area contributed by atoms with Crippen molar-refractivity contribution < 1.29 is 74.3 Å². The lowest BCUT2D eigenvalue weighted by Crippen LogP contribution is -2.19. The highest BCUT2D eigenvalue weighted by molar-refractivity contribution is 14.1. The molecule has 0 saturated carbocycles. The fourth-order valence-electron chi connectivity index (χ4n) is 10.3. The molecule has 0 aromatic carbocycles. The summed E-state index contributed by atoms with van der Waals surface area (Å²) in [5, 5.41) is 73.7. The Morgan fingerprint density at radius 2 is 0.532 bits per heavy atom. The van der Waals surface area contributed by atoms with Gasteiger partial charge in [-0.2, -0.15) is 0 Å². The van der Waals surface area contributed by atoms with Crippen LogP contribution in [0.1, 0.15) is 253 Å². The number of ether oxygens (including phenoxy) is 2. The minimum absolute atomic E-state index is 0.0322. The predicted molar refractivity (Wildman–Crippen MR) is 541 cm³/mol. The van der Waals surface area contributed by atoms with Gasteiger partial charge in [0.2, 0.25) is 0 Å². The van der Waals surface area contributed by atoms with Crippen molar-refractivity contribution in [1.29, 1.82) is 0 Å². The number of aliphatic hydroxyl groups is 5. The van der Waals surface area contributed by atoms with Crippen LogP contribution < -0.4 is 0 Å². The molecular weight excluding hydrogens is 1690 g/mol. The number of carbonyl (C=O) groups excluding carboxylic acids is 2. The van der Waals surface area contributed by atoms with Gasteiger partial charge in [0.25, 0.3) is 0 Å². The highest BCUT2D eigenvalue weighted by Crippen LogP contribution is 2.25. The van der Waals surface area contributed by atoms with E-state index in [4.69, 9.17) is 24.8 Å². The number of cyclic esters (lactones) is 2. The summed E-state index contributed by atoms with van der Waals surface area (Å²) < 4.78 is 10.7. The van der Waals surface area contributed by atoms with Gasteiger partial charge in [-0.15, -0.1) is 0 Å². The molecule has 8 N–H and O–H groups in total. The molecule has 0 bridgehead atoms. The van der Waals surface area contributed by atoms with Crippen molar-refractivity contribution in [3.8, 4) is 0 Å². The number of esters is 2. The van der Waals surface area contributed by atoms with Gasteiger partial charge in [0.15, 0.2) is 0 Å². The van der Waals surface area contributed by atoms with Gasteiger partial charge < -0.3 is 50.3 Å². The van der Waals surface area contributed by atoms with E-state index in [1.165, 1.54) is 0 Å². The minimum Gasteiger partial charge on any atom is -0.481 e. The third-order valence-corrected chi connectivity index (χ3v) is 18.4. The predicted octanol–water partition coefficient (Wildman–Crippen LogP) is 27.1. The first-order valence-corrected chi connectivity index (χ1v) is 46.7. The summed E-state index contributed by atoms with van der Waals surface area (Å²) in [4.78, 5) is 53.0. The van der Waals surface area contributed by atoms with E-state index in [1.807, 2.05) is 152 Å². The molecule has 2 rings (SSSR count). The molecule has 126 heavy (non-hydrogen) atoms. The number of rotatable bonds is 65. The number of carbonyl (C=O) groups is 5. The Balaban J connectivity index is -0.00000150. The summed E-state index contributed by atoms with van der Waals surface area (Å²) in [7, 11) is 0. The van der Waals surface area contributed by atoms with Crippen molar-refractivity contribution in [2.24, 2.45) is 0 Å². The first kappa shape index (κ1) is 120. The fraction of sp³-hybridized carbons (Fsp3) is 0.427. The van der Waals surface area contributed by atoms with Crippen molar-refractivity contribution in [2.45, 2.75) is 300 Å². The number of halogens is 1. The summed E-state index contributed by atoms with van der Waals surface area (Å²) >= 11 is 2.37. The molecule has 694 valence electrons. The summed E-state index contributed by atoms with van der Waals surface area (Å²) in [6, 6.07) is 0. The lowest BCUT2D eigenvalue weighted by Gasteiger charge is -2.14. The molecule has 0 aromatic rings. The Morgan fingerprint density at radius 1 is 0.294 bits per heavy atom. The average molecular weight is 1850 g/mol. The second-order valence-electron chi connectivity index (χ2n) is 28.7. The Kier molecular flexibility index (Phi) is 94.8. The van der Waals surface area contributed by atoms with Crippen LogP contribution in [0.3, 0.4) is 0 Å². The summed E-state index contributed by atoms with van der Waals surface area (Å²) in [6.07, 6.45) is 140. The van der Waals surface area contributed by atoms with Gasteiger partial charge in [-0.1, -0.05) is 404 Å². The molecule has 0 amide bonds. The van der Waals surface area contributed by atoms with Crippen LogP contribution in [-0.4, -0.2) is 117 Å². The maximum Gasteiger partial charge on any atom is 0.306 e. The number of alkyl halides is 1. The molecule has 0 radical (unpaired) electrons. The van der Waals surface area contributed by atoms with Crippen LogP contribution in [0.15, 0.2) is 352 Å². The van der Waals surface area contributed by atoms with Crippen LogP contribution in [0.25, 0.3) is 0 Å². The van der Waals surface area contributed by atoms with Crippen molar-refractivity contribution in [2.75, 3.05) is 0 Å². The van der Waals surface area contributed by atoms with Crippen molar-refractivity contribution in [3.63, 3.8) is 0 Å². The van der Waals surface area contributed by atoms with Gasteiger partial charge in [0.05, 0.1) is 34.4 Å². The Morgan fingerprint density at radius 3 is 0.802 bits per heavy atom. The zero-order valence-corrected chi connectivity index (χ0v) is 78.6. The van der Waals surface area contributed by atoms with E-state index in [2.05, 4.69) is 227 Å². The molecule has 0 spiro atoms. The van der Waals surface area contributed by atoms with Crippen molar-refractivity contribution in [3.05, 3.63) is 352 Å². The smallest absolute Gasteiger partial charge is 0.306 e. The second-order valence-corrected chi connectivity index (χ2v) is 30.3. The molecule has 4 unspecified atom stereocenters. The van der Waals surface area contributed by atoms with Gasteiger partial charge in [0, 0.05) is 32.1 Å². The minimum atomic E-state index is -0.900. The number of carboxylic acid groups (broad SMARTS) is 3. The highest BCUT2D eigenvalue weighted by Gasteiger charge is 2.28. The lowest BCUT2D eigenvalue weighted by atomic mass is 10.1. The van der Waals surface area contributed by atoms with Gasteiger partial charge in [-0.3, -0.25) is 24.0 Å². The van der Waals surface area contributed by atoms with Crippen LogP contribution in [-0.2, 0) is 33.4 Å². The molecular formula is C110H157IO15. The topological polar surface area (TPSA) is 266 Å². The number of hydrogen-bond acceptors (Lipinski definition) is 12. The molecule has 15 nitrogen and oxygen atoms in total. The number of carboxylic acids is 3. The third kappa shape index (κ3) is 101. The van der Waals surface area contributed by atoms with Crippen LogP contribution in [0.5, 0.6) is 0 Å². The Bertz CT molecular complexity index is 3640. The van der Waals surface area contributed by atoms with Gasteiger partial charge >= 0.3 is 29.8 Å². The lowest BCUT2D eigenvalue weighted by molar-refractivity contribution is -0.141. The summed E-state index contributed by atoms with van der Waals surface area (Å²) in [5.41, 5.74) is 0. The number of hydrogen-bond donors (Lipinski definition) is 8. The summed E-state index contributed by atoms with van der Waals surface area (Å²) in [6.45, 7) is 10.5. The molecule has 8 atom stereocenters. The zero-order valence-electron chi connectivity index (χ0n) is 76.5. The van der Waals surface area contributed by atoms with Gasteiger partial charge in [-0.25, -0.2) is 0 Å². The van der Waals surface area contributed by atoms with E-state index in [9.17, 15) is 49.5 Å². The van der Waals surface area contributed by atoms with Crippen molar-refractivity contribution >= 4 is 52.4 Å². The number of aliphatic carboxylic acids is 3. The fourth-order valence-corrected chi connectivity index (χ4v) is 11.1. The highest BCUT2D eigenvalue weighted by atomic mass is 127. The first-order chi connectivity index (χ1) is 61.3. The van der Waals surface area contributed by atoms with Gasteiger partial charge in [-0.05, 0) is 192 Å². The Labute approximate surface area is 773 Å². The largest absolute Gasteiger partial charge is 0.481 e. The van der Waals surface area contributed by atoms with E-state index in [0.29, 0.717) is 55.3 Å². The average Bonchev–Trinajstić information content (AvgIpc) is 1.77. The maximum atomic E-state index is 11.1. The number of aliphatic hydroxyl groups excluding tert-OH is 5. The quantitative estimate of drug-likeness (QED) is 0.00925. The van der Waals surface area contributed by atoms with Crippen LogP contribution in [0.2, 0.25) is 0 Å². The maximum absolute atomic E-state index is 11.1. The molecule has 2 aliphatic rings. The van der Waals surface area contributed by atoms with Crippen LogP contribution >= 0.6 is 22.6 Å². The molecule has 2 fully saturated rings. The number of allylic oxidation sites excluding steroid dienone is 48. The zero-order chi connectivity index (χ0) is 93.0. The second kappa shape index (κ2) is 99.1. The SMILES string of the molecule is CC/C=C\C/C=C\C/C=C\C/C=C\C/C=C\C/C=C\CCC(=O)O.CC/C=C\C[C@H](O)/C=C/C=C\C/C=C\C/C=C\C/C=C\CCC(=O)O.CC/C=C\C[C@H](O)/C=C/C=C\C/C=C\C/C=C\C=C\C(O)CCC(=O)O.CC/C=C\C[C@H](O)/C=C/C=C\C/C=C\C/C=C\C=C\C1CCC(=O)O1.CC/C=C\C[C@H](O)/C=C/C=C\C/C=C\C/C=C\CC(I)C1CCC(=O)O1. The van der Waals surface area contributed by atoms with Crippen LogP contribution in [0.4, 0.5) is 0 Å². The van der Waals surface area contributed by atoms with Crippen LogP contribution in [0, 0.1) is 0 Å². The van der Waals surface area contributed by atoms with E-state index in [1.54, 1.807) is 30.4 Å². The monoisotopic (exact) mass is 1850 g/mol. The molecule has 0 aliphatic carbocycles. The molecule has 2 heterocycles. The van der Waals surface area contributed by atoms with Gasteiger partial charge in [0.1, 0.15) is 12.2 Å². The van der Waals surface area contributed by atoms with E-state index >= 15 is 0 Å². The third-order valence-electron chi connectivity index (χ3n) is 17.1. The molecule has 16 heteroatoms. The standard InChI is InChI=1S/C22H31IO3.C22H32O4.C22H30O3.C22H32O3.C22H32O2/c1-2-3-11-14-19(24)15-12-9-7-5-4-6-8-10-13-16-20(23)21-17-18-22(25)26-21;1-2-3-12-15-20(23)16-13-10-8-6-4-5-7-9-11-14-17-21(24)18-19-22(25)26;1-2-3-12-15-20(23)16-13-10-8-6-4-5-7-9-11-14-17-21-18-19-22(24)25-21;1-2-3-15-18-21(23)19-16-13-11-9-7-5-4-6-8-10-12-14-17-20-22(24)25;1-2-3-4-5-6-7-8-9-10-11-12-13-14-15-16-17-18-19-20-21-22(23)24/h3-4,6-7,9-13,15,19-21,24H,2,5,8,14,16-18H2,1H3;3-5,8-14,16-17,20-21,23-24H,2,6-7,15,18-19H2,1H3,(H,25,26);3-5,8-14,16-17,20-21,23H,2,6-7,15,18-19H2,1H3;3,5-8,11-16,19,21,23H,2,4,9-10,17-18,20H2,1H3,(H,24,25);3-4,6-7,9-10,12-13,15-16,18-19H,2,5,8,11,14,17,20-21H2,1H3,(H,23,24)/b6-4-,9-7-,11-3-,13-10-,15-12+;2*5-4-,10-8-,11-9-,12-3-,16-13+,17-14+;7-5-,8-6-,13-11-,14-12-,15-3-,19-16+;4-3-,7-6-,10-9-,13-12-,16-15-,19-18-/t19-,20?,21?;2*20-,21?;21-;/m0000./s1.